The zero-order valence-corrected chi connectivity index (χ0v) is 7.50. The summed E-state index contributed by atoms with van der Waals surface area (Å²) in [6.45, 7) is 0. The maximum atomic E-state index is 13.2. The molecule has 4 nitrogen and oxygen atoms in total. The molecule has 1 heterocycles. The summed E-state index contributed by atoms with van der Waals surface area (Å²) in [5.41, 5.74) is -0.684. The number of carbonyl (C=O) groups is 2. The molecular weight excluding hydrogens is 228 g/mol. The molecule has 1 saturated heterocycles. The van der Waals surface area contributed by atoms with Gasteiger partial charge in [0.15, 0.2) is 11.6 Å². The van der Waals surface area contributed by atoms with E-state index in [1.165, 1.54) is 0 Å². The average Bonchev–Trinajstić information content (AvgIpc) is 2.53. The fourth-order valence-electron chi connectivity index (χ4n) is 1.19. The summed E-state index contributed by atoms with van der Waals surface area (Å²) >= 11 is 0. The Hall–Kier alpha value is -1.99. The summed E-state index contributed by atoms with van der Waals surface area (Å²) < 4.78 is 47.3. The minimum absolute atomic E-state index is 0.317. The van der Waals surface area contributed by atoms with E-state index >= 15 is 0 Å². The Morgan fingerprint density at radius 2 is 1.56 bits per heavy atom. The third kappa shape index (κ3) is 1.62. The van der Waals surface area contributed by atoms with Gasteiger partial charge in [-0.2, -0.15) is 0 Å². The predicted octanol–water partition coefficient (Wildman–Crippen LogP) is -0.101. The Kier molecular flexibility index (Phi) is 2.33. The molecule has 0 N–H and O–H groups in total. The summed E-state index contributed by atoms with van der Waals surface area (Å²) in [7, 11) is -1.75. The first-order valence-electron chi connectivity index (χ1n) is 4.05. The van der Waals surface area contributed by atoms with Gasteiger partial charge in [0.25, 0.3) is 0 Å². The summed E-state index contributed by atoms with van der Waals surface area (Å²) in [6, 6.07) is 0.895. The number of hydrogen-bond donors (Lipinski definition) is 0. The van der Waals surface area contributed by atoms with Crippen LogP contribution in [0, 0.1) is 17.5 Å². The first-order chi connectivity index (χ1) is 7.49. The molecule has 0 bridgehead atoms. The lowest BCUT2D eigenvalue weighted by Crippen LogP contribution is -2.36. The van der Waals surface area contributed by atoms with Crippen LogP contribution in [0.15, 0.2) is 12.1 Å². The second kappa shape index (κ2) is 3.55. The van der Waals surface area contributed by atoms with E-state index in [4.69, 9.17) is 0 Å². The zero-order chi connectivity index (χ0) is 11.9. The Bertz CT molecular complexity index is 474. The van der Waals surface area contributed by atoms with E-state index in [1.807, 2.05) is 0 Å². The molecule has 0 aromatic heterocycles. The van der Waals surface area contributed by atoms with E-state index in [1.54, 1.807) is 0 Å². The molecule has 82 valence electrons. The van der Waals surface area contributed by atoms with Gasteiger partial charge in [0, 0.05) is 6.07 Å². The third-order valence-electron chi connectivity index (χ3n) is 1.87. The van der Waals surface area contributed by atoms with Crippen LogP contribution >= 0.6 is 0 Å². The van der Waals surface area contributed by atoms with Crippen LogP contribution < -0.4 is 5.46 Å². The van der Waals surface area contributed by atoms with Crippen molar-refractivity contribution in [3.05, 3.63) is 29.6 Å². The fraction of sp³-hybridized carbons (Fsp3) is 0. The van der Waals surface area contributed by atoms with Gasteiger partial charge in [-0.3, -0.25) is 0 Å². The lowest BCUT2D eigenvalue weighted by molar-refractivity contribution is -0.150. The van der Waals surface area contributed by atoms with Gasteiger partial charge < -0.3 is 9.31 Å². The van der Waals surface area contributed by atoms with E-state index in [2.05, 4.69) is 9.31 Å². The van der Waals surface area contributed by atoms with Gasteiger partial charge in [-0.15, -0.1) is 0 Å². The van der Waals surface area contributed by atoms with E-state index < -0.39 is 42.0 Å². The predicted molar refractivity (Wildman–Crippen MR) is 43.9 cm³/mol. The summed E-state index contributed by atoms with van der Waals surface area (Å²) in [4.78, 5) is 21.3. The van der Waals surface area contributed by atoms with Crippen LogP contribution in [0.2, 0.25) is 0 Å². The highest BCUT2D eigenvalue weighted by Gasteiger charge is 2.44. The quantitative estimate of drug-likeness (QED) is 0.384. The summed E-state index contributed by atoms with van der Waals surface area (Å²) in [5.74, 6) is -6.65. The first kappa shape index (κ1) is 10.5. The number of carbonyl (C=O) groups excluding carboxylic acids is 2. The standard InChI is InChI=1S/C8H2BF3O4/c10-3-1-4(6(12)5(11)2-3)9-15-7(13)8(14)16-9/h1-2H. The van der Waals surface area contributed by atoms with Crippen LogP contribution in [0.25, 0.3) is 0 Å². The lowest BCUT2D eigenvalue weighted by atomic mass is 9.79. The Morgan fingerprint density at radius 3 is 2.12 bits per heavy atom. The molecule has 0 spiro atoms. The minimum atomic E-state index is -1.75. The van der Waals surface area contributed by atoms with Crippen molar-refractivity contribution in [1.82, 2.24) is 0 Å². The topological polar surface area (TPSA) is 52.6 Å². The normalized spacial score (nSPS) is 15.1. The van der Waals surface area contributed by atoms with Gasteiger partial charge in [-0.25, -0.2) is 22.8 Å². The van der Waals surface area contributed by atoms with E-state index in [0.29, 0.717) is 12.1 Å². The van der Waals surface area contributed by atoms with Crippen LogP contribution in [-0.2, 0) is 18.9 Å². The number of benzene rings is 1. The number of rotatable bonds is 1. The van der Waals surface area contributed by atoms with Crippen LogP contribution in [-0.4, -0.2) is 19.1 Å². The van der Waals surface area contributed by atoms with Crippen molar-refractivity contribution >= 4 is 24.5 Å². The lowest BCUT2D eigenvalue weighted by Gasteiger charge is -2.04. The molecule has 1 aliphatic rings. The van der Waals surface area contributed by atoms with Crippen molar-refractivity contribution in [1.29, 1.82) is 0 Å². The van der Waals surface area contributed by atoms with Crippen molar-refractivity contribution in [3.63, 3.8) is 0 Å². The molecule has 0 atom stereocenters. The highest BCUT2D eigenvalue weighted by atomic mass is 19.2. The second-order valence-corrected chi connectivity index (χ2v) is 2.93. The highest BCUT2D eigenvalue weighted by molar-refractivity contribution is 6.71. The fourth-order valence-corrected chi connectivity index (χ4v) is 1.19. The Morgan fingerprint density at radius 1 is 1.00 bits per heavy atom. The molecule has 8 heteroatoms. The molecule has 0 amide bonds. The maximum absolute atomic E-state index is 13.2. The van der Waals surface area contributed by atoms with E-state index in [-0.39, 0.29) is 0 Å². The Labute approximate surface area is 87.1 Å². The Balaban J connectivity index is 2.42. The third-order valence-corrected chi connectivity index (χ3v) is 1.87. The largest absolute Gasteiger partial charge is 0.640 e. The van der Waals surface area contributed by atoms with Crippen LogP contribution in [0.1, 0.15) is 0 Å². The van der Waals surface area contributed by atoms with Gasteiger partial charge in [-0.05, 0) is 6.07 Å². The highest BCUT2D eigenvalue weighted by Crippen LogP contribution is 2.11. The molecule has 0 unspecified atom stereocenters. The SMILES string of the molecule is O=C1OB(c2cc(F)cc(F)c2F)OC1=O. The average molecular weight is 230 g/mol. The minimum Gasteiger partial charge on any atom is -0.487 e. The molecule has 1 aromatic carbocycles. The van der Waals surface area contributed by atoms with E-state index in [9.17, 15) is 22.8 Å². The van der Waals surface area contributed by atoms with Gasteiger partial charge in [0.1, 0.15) is 5.82 Å². The smallest absolute Gasteiger partial charge is 0.487 e. The molecule has 16 heavy (non-hydrogen) atoms. The van der Waals surface area contributed by atoms with Gasteiger partial charge in [0.2, 0.25) is 0 Å². The van der Waals surface area contributed by atoms with Crippen molar-refractivity contribution in [3.8, 4) is 0 Å². The molecule has 1 fully saturated rings. The second-order valence-electron chi connectivity index (χ2n) is 2.93. The van der Waals surface area contributed by atoms with Crippen LogP contribution in [0.4, 0.5) is 13.2 Å². The molecular formula is C8H2BF3O4. The van der Waals surface area contributed by atoms with Gasteiger partial charge in [-0.1, -0.05) is 0 Å². The molecule has 1 aromatic rings. The van der Waals surface area contributed by atoms with Crippen molar-refractivity contribution < 1.29 is 32.1 Å². The molecule has 0 saturated carbocycles. The van der Waals surface area contributed by atoms with Crippen LogP contribution in [0.5, 0.6) is 0 Å². The zero-order valence-electron chi connectivity index (χ0n) is 7.50. The first-order valence-corrected chi connectivity index (χ1v) is 4.05. The molecule has 2 rings (SSSR count). The van der Waals surface area contributed by atoms with Gasteiger partial charge >= 0.3 is 19.1 Å². The summed E-state index contributed by atoms with van der Waals surface area (Å²) in [6.07, 6.45) is 0. The number of hydrogen-bond acceptors (Lipinski definition) is 4. The monoisotopic (exact) mass is 230 g/mol. The van der Waals surface area contributed by atoms with Gasteiger partial charge in [0.05, 0.1) is 5.46 Å². The molecule has 0 aliphatic carbocycles. The van der Waals surface area contributed by atoms with E-state index in [0.717, 1.165) is 0 Å². The van der Waals surface area contributed by atoms with Crippen molar-refractivity contribution in [2.24, 2.45) is 0 Å². The molecule has 0 radical (unpaired) electrons. The van der Waals surface area contributed by atoms with Crippen molar-refractivity contribution in [2.75, 3.05) is 0 Å². The number of halogens is 3. The van der Waals surface area contributed by atoms with Crippen LogP contribution in [0.3, 0.4) is 0 Å². The van der Waals surface area contributed by atoms with Crippen molar-refractivity contribution in [2.45, 2.75) is 0 Å². The summed E-state index contributed by atoms with van der Waals surface area (Å²) in [5, 5.41) is 0. The molecule has 1 aliphatic heterocycles. The maximum Gasteiger partial charge on any atom is 0.640 e.